The summed E-state index contributed by atoms with van der Waals surface area (Å²) in [5.41, 5.74) is 2.05. The fourth-order valence-electron chi connectivity index (χ4n) is 5.40. The Morgan fingerprint density at radius 1 is 1.02 bits per heavy atom. The first-order valence-electron chi connectivity index (χ1n) is 14.8. The van der Waals surface area contributed by atoms with Gasteiger partial charge in [0.1, 0.15) is 19.0 Å². The molecule has 8 heteroatoms. The van der Waals surface area contributed by atoms with E-state index < -0.39 is 12.0 Å². The molecule has 8 nitrogen and oxygen atoms in total. The average Bonchev–Trinajstić information content (AvgIpc) is 3.46. The largest absolute Gasteiger partial charge is 0.489 e. The van der Waals surface area contributed by atoms with Crippen LogP contribution in [0.3, 0.4) is 0 Å². The third-order valence-corrected chi connectivity index (χ3v) is 7.71. The number of aliphatic hydroxyl groups excluding tert-OH is 1. The zero-order chi connectivity index (χ0) is 28.9. The second-order valence-electron chi connectivity index (χ2n) is 10.9. The molecule has 2 N–H and O–H groups in total. The summed E-state index contributed by atoms with van der Waals surface area (Å²) in [6.45, 7) is 1.08. The first-order valence-corrected chi connectivity index (χ1v) is 14.8. The number of carbonyl (C=O) groups is 3. The van der Waals surface area contributed by atoms with Crippen LogP contribution in [-0.4, -0.2) is 59.6 Å². The van der Waals surface area contributed by atoms with Crippen LogP contribution in [0, 0.1) is 5.92 Å². The summed E-state index contributed by atoms with van der Waals surface area (Å²) in [4.78, 5) is 40.5. The first-order chi connectivity index (χ1) is 20.0. The maximum Gasteiger partial charge on any atom is 0.305 e. The Bertz CT molecular complexity index is 1150. The minimum Gasteiger partial charge on any atom is -0.489 e. The van der Waals surface area contributed by atoms with Crippen LogP contribution in [0.25, 0.3) is 0 Å². The highest BCUT2D eigenvalue weighted by molar-refractivity contribution is 5.86. The summed E-state index contributed by atoms with van der Waals surface area (Å²) in [7, 11) is 0. The molecule has 0 spiro atoms. The van der Waals surface area contributed by atoms with Crippen LogP contribution in [0.4, 0.5) is 0 Å². The summed E-state index contributed by atoms with van der Waals surface area (Å²) < 4.78 is 11.3. The average molecular weight is 563 g/mol. The molecular formula is C33H42N2O6. The van der Waals surface area contributed by atoms with Gasteiger partial charge in [0, 0.05) is 19.4 Å². The Morgan fingerprint density at radius 2 is 1.83 bits per heavy atom. The van der Waals surface area contributed by atoms with Crippen molar-refractivity contribution in [1.82, 2.24) is 10.2 Å². The molecule has 2 heterocycles. The van der Waals surface area contributed by atoms with E-state index in [1.807, 2.05) is 66.7 Å². The second kappa shape index (κ2) is 16.0. The van der Waals surface area contributed by atoms with Gasteiger partial charge in [0.15, 0.2) is 0 Å². The number of hydrogen-bond acceptors (Lipinski definition) is 6. The van der Waals surface area contributed by atoms with Gasteiger partial charge in [-0.05, 0) is 68.2 Å². The van der Waals surface area contributed by atoms with Gasteiger partial charge in [-0.15, -0.1) is 0 Å². The number of cyclic esters (lactones) is 1. The standard InChI is InChI=1S/C33H42N2O6/c36-22-28(20-25-15-17-30(18-16-25)40-23-26-10-5-4-6-11-26)34-31(37)21-27-12-7-2-1-3-8-14-32(38)41-24-29-13-9-19-35(29)33(27)39/h2,4-7,10-11,15-18,27-29,36H,1,3,8-9,12-14,19-24H2,(H,34,37)/t27-,28+,29+/m1/s1. The quantitative estimate of drug-likeness (QED) is 0.348. The lowest BCUT2D eigenvalue weighted by Gasteiger charge is -2.28. The van der Waals surface area contributed by atoms with Crippen molar-refractivity contribution in [2.75, 3.05) is 19.8 Å². The van der Waals surface area contributed by atoms with Gasteiger partial charge >= 0.3 is 5.97 Å². The zero-order valence-electron chi connectivity index (χ0n) is 23.7. The topological polar surface area (TPSA) is 105 Å². The highest BCUT2D eigenvalue weighted by Gasteiger charge is 2.34. The van der Waals surface area contributed by atoms with Gasteiger partial charge in [-0.2, -0.15) is 0 Å². The van der Waals surface area contributed by atoms with Crippen molar-refractivity contribution in [3.05, 3.63) is 77.9 Å². The van der Waals surface area contributed by atoms with E-state index in [2.05, 4.69) is 5.32 Å². The lowest BCUT2D eigenvalue weighted by molar-refractivity contribution is -0.148. The van der Waals surface area contributed by atoms with Crippen LogP contribution in [0.15, 0.2) is 66.7 Å². The summed E-state index contributed by atoms with van der Waals surface area (Å²) in [6.07, 6.45) is 9.48. The molecule has 220 valence electrons. The van der Waals surface area contributed by atoms with Crippen molar-refractivity contribution in [1.29, 1.82) is 0 Å². The molecule has 0 bridgehead atoms. The molecule has 41 heavy (non-hydrogen) atoms. The van der Waals surface area contributed by atoms with Gasteiger partial charge in [-0.1, -0.05) is 54.6 Å². The lowest BCUT2D eigenvalue weighted by atomic mass is 9.97. The van der Waals surface area contributed by atoms with Gasteiger partial charge < -0.3 is 24.8 Å². The van der Waals surface area contributed by atoms with E-state index in [0.29, 0.717) is 32.4 Å². The van der Waals surface area contributed by atoms with Gasteiger partial charge in [-0.3, -0.25) is 14.4 Å². The van der Waals surface area contributed by atoms with Crippen LogP contribution in [-0.2, 0) is 32.1 Å². The normalized spacial score (nSPS) is 21.0. The summed E-state index contributed by atoms with van der Waals surface area (Å²) in [5, 5.41) is 12.9. The molecule has 0 aliphatic carbocycles. The van der Waals surface area contributed by atoms with Gasteiger partial charge in [-0.25, -0.2) is 0 Å². The van der Waals surface area contributed by atoms with Crippen LogP contribution >= 0.6 is 0 Å². The number of benzene rings is 2. The highest BCUT2D eigenvalue weighted by Crippen LogP contribution is 2.24. The fourth-order valence-corrected chi connectivity index (χ4v) is 5.40. The molecule has 4 rings (SSSR count). The number of amides is 2. The van der Waals surface area contributed by atoms with Crippen LogP contribution in [0.1, 0.15) is 62.5 Å². The Kier molecular flexibility index (Phi) is 11.8. The Balaban J connectivity index is 1.32. The minimum absolute atomic E-state index is 0.0367. The lowest BCUT2D eigenvalue weighted by Crippen LogP contribution is -2.45. The molecule has 0 aromatic heterocycles. The number of nitrogens with one attached hydrogen (secondary N) is 1. The van der Waals surface area contributed by atoms with E-state index in [1.54, 1.807) is 4.90 Å². The van der Waals surface area contributed by atoms with E-state index in [1.165, 1.54) is 0 Å². The molecule has 2 aliphatic heterocycles. The molecule has 2 amide bonds. The molecule has 2 aliphatic rings. The predicted molar refractivity (Wildman–Crippen MR) is 156 cm³/mol. The minimum atomic E-state index is -0.508. The van der Waals surface area contributed by atoms with Crippen molar-refractivity contribution in [3.63, 3.8) is 0 Å². The molecule has 0 unspecified atom stereocenters. The molecule has 2 aromatic carbocycles. The number of fused-ring (bicyclic) bond motifs is 1. The van der Waals surface area contributed by atoms with Crippen LogP contribution in [0.2, 0.25) is 0 Å². The van der Waals surface area contributed by atoms with Crippen molar-refractivity contribution >= 4 is 17.8 Å². The summed E-state index contributed by atoms with van der Waals surface area (Å²) >= 11 is 0. The Morgan fingerprint density at radius 3 is 2.61 bits per heavy atom. The van der Waals surface area contributed by atoms with E-state index in [-0.39, 0.29) is 43.5 Å². The molecule has 0 radical (unpaired) electrons. The van der Waals surface area contributed by atoms with Crippen molar-refractivity contribution in [2.45, 2.75) is 76.5 Å². The number of allylic oxidation sites excluding steroid dienone is 2. The first kappa shape index (κ1) is 30.3. The number of hydrogen-bond donors (Lipinski definition) is 2. The molecule has 0 saturated carbocycles. The molecule has 2 aromatic rings. The Labute approximate surface area is 242 Å². The number of esters is 1. The highest BCUT2D eigenvalue weighted by atomic mass is 16.5. The molecular weight excluding hydrogens is 520 g/mol. The molecule has 1 fully saturated rings. The number of nitrogens with zero attached hydrogens (tertiary/aromatic N) is 1. The van der Waals surface area contributed by atoms with Crippen molar-refractivity contribution in [3.8, 4) is 5.75 Å². The number of carbonyl (C=O) groups excluding carboxylic acids is 3. The van der Waals surface area contributed by atoms with Crippen molar-refractivity contribution < 1.29 is 29.0 Å². The third kappa shape index (κ3) is 9.74. The molecule has 3 atom stereocenters. The van der Waals surface area contributed by atoms with E-state index in [0.717, 1.165) is 49.0 Å². The summed E-state index contributed by atoms with van der Waals surface area (Å²) in [6, 6.07) is 17.0. The van der Waals surface area contributed by atoms with Crippen molar-refractivity contribution in [2.24, 2.45) is 5.92 Å². The van der Waals surface area contributed by atoms with Gasteiger partial charge in [0.25, 0.3) is 0 Å². The van der Waals surface area contributed by atoms with E-state index in [9.17, 15) is 19.5 Å². The number of ether oxygens (including phenoxy) is 2. The monoisotopic (exact) mass is 562 g/mol. The van der Waals surface area contributed by atoms with Gasteiger partial charge in [0.05, 0.1) is 24.6 Å². The SMILES string of the molecule is O=C(C[C@H]1CC=CCCCCC(=O)OC[C@@H]2CCCN2C1=O)N[C@H](CO)Cc1ccc(OCc2ccccc2)cc1. The number of aliphatic hydroxyl groups is 1. The number of rotatable bonds is 9. The third-order valence-electron chi connectivity index (χ3n) is 7.71. The summed E-state index contributed by atoms with van der Waals surface area (Å²) in [5.74, 6) is -0.317. The second-order valence-corrected chi connectivity index (χ2v) is 10.9. The fraction of sp³-hybridized carbons (Fsp3) is 0.485. The van der Waals surface area contributed by atoms with Crippen LogP contribution < -0.4 is 10.1 Å². The maximum atomic E-state index is 13.5. The van der Waals surface area contributed by atoms with E-state index in [4.69, 9.17) is 9.47 Å². The molecule has 1 saturated heterocycles. The smallest absolute Gasteiger partial charge is 0.305 e. The van der Waals surface area contributed by atoms with Crippen LogP contribution in [0.5, 0.6) is 5.75 Å². The maximum absolute atomic E-state index is 13.5. The Hall–Kier alpha value is -3.65. The van der Waals surface area contributed by atoms with Gasteiger partial charge in [0.2, 0.25) is 11.8 Å². The van der Waals surface area contributed by atoms with E-state index >= 15 is 0 Å². The predicted octanol–water partition coefficient (Wildman–Crippen LogP) is 4.35. The zero-order valence-corrected chi connectivity index (χ0v) is 23.7.